The van der Waals surface area contributed by atoms with Crippen LogP contribution < -0.4 is 5.32 Å². The van der Waals surface area contributed by atoms with Crippen LogP contribution in [0, 0.1) is 5.92 Å². The normalized spacial score (nSPS) is 18.6. The maximum absolute atomic E-state index is 12.8. The van der Waals surface area contributed by atoms with E-state index in [2.05, 4.69) is 26.1 Å². The van der Waals surface area contributed by atoms with Gasteiger partial charge < -0.3 is 10.2 Å². The Labute approximate surface area is 179 Å². The summed E-state index contributed by atoms with van der Waals surface area (Å²) in [4.78, 5) is 39.1. The molecule has 1 aromatic carbocycles. The van der Waals surface area contributed by atoms with E-state index in [1.165, 1.54) is 0 Å². The number of Topliss-reactive ketones (excluding diaryl/α,β-unsaturated/α-hetero) is 1. The zero-order valence-electron chi connectivity index (χ0n) is 18.4. The minimum atomic E-state index is -3.40. The molecule has 2 amide bonds. The van der Waals surface area contributed by atoms with E-state index < -0.39 is 27.5 Å². The molecule has 0 spiro atoms. The van der Waals surface area contributed by atoms with E-state index in [0.717, 1.165) is 11.8 Å². The monoisotopic (exact) mass is 436 g/mol. The molecule has 30 heavy (non-hydrogen) atoms. The molecular formula is C22H32N2O5S. The second kappa shape index (κ2) is 9.29. The Morgan fingerprint density at radius 2 is 1.77 bits per heavy atom. The second-order valence-electron chi connectivity index (χ2n) is 9.18. The zero-order valence-corrected chi connectivity index (χ0v) is 19.2. The Hall–Kier alpha value is -2.22. The molecule has 166 valence electrons. The summed E-state index contributed by atoms with van der Waals surface area (Å²) >= 11 is 0. The molecule has 1 N–H and O–H groups in total. The van der Waals surface area contributed by atoms with Gasteiger partial charge in [-0.15, -0.1) is 0 Å². The first-order chi connectivity index (χ1) is 13.8. The van der Waals surface area contributed by atoms with Gasteiger partial charge in [0.15, 0.2) is 15.6 Å². The lowest BCUT2D eigenvalue weighted by atomic mass is 9.86. The summed E-state index contributed by atoms with van der Waals surface area (Å²) in [6.45, 7) is 8.57. The molecule has 1 aromatic rings. The average Bonchev–Trinajstić information content (AvgIpc) is 2.65. The molecule has 1 aliphatic rings. The van der Waals surface area contributed by atoms with Crippen molar-refractivity contribution in [1.82, 2.24) is 10.2 Å². The van der Waals surface area contributed by atoms with Gasteiger partial charge in [0, 0.05) is 30.8 Å². The molecule has 0 saturated carbocycles. The van der Waals surface area contributed by atoms with Crippen molar-refractivity contribution < 1.29 is 22.8 Å². The van der Waals surface area contributed by atoms with Gasteiger partial charge in [0.25, 0.3) is 5.91 Å². The predicted octanol–water partition coefficient (Wildman–Crippen LogP) is 1.95. The molecule has 0 unspecified atom stereocenters. The largest absolute Gasteiger partial charge is 0.341 e. The summed E-state index contributed by atoms with van der Waals surface area (Å²) in [5.74, 6) is -1.95. The first-order valence-corrected chi connectivity index (χ1v) is 12.2. The number of carbonyl (C=O) groups excluding carboxylic acids is 3. The Morgan fingerprint density at radius 1 is 1.17 bits per heavy atom. The highest BCUT2D eigenvalue weighted by atomic mass is 32.2. The maximum Gasteiger partial charge on any atom is 0.251 e. The van der Waals surface area contributed by atoms with Crippen LogP contribution in [-0.2, 0) is 24.8 Å². The molecule has 8 heteroatoms. The van der Waals surface area contributed by atoms with Crippen molar-refractivity contribution in [2.24, 2.45) is 5.92 Å². The van der Waals surface area contributed by atoms with E-state index in [4.69, 9.17) is 0 Å². The highest BCUT2D eigenvalue weighted by Crippen LogP contribution is 2.22. The number of piperidine rings is 1. The van der Waals surface area contributed by atoms with Crippen molar-refractivity contribution in [2.45, 2.75) is 52.0 Å². The number of ketones is 1. The van der Waals surface area contributed by atoms with Gasteiger partial charge in [-0.2, -0.15) is 0 Å². The van der Waals surface area contributed by atoms with Crippen LogP contribution >= 0.6 is 0 Å². The van der Waals surface area contributed by atoms with E-state index in [9.17, 15) is 22.8 Å². The maximum atomic E-state index is 12.8. The Kier molecular flexibility index (Phi) is 7.45. The van der Waals surface area contributed by atoms with Crippen LogP contribution in [0.2, 0.25) is 0 Å². The van der Waals surface area contributed by atoms with E-state index in [1.54, 1.807) is 24.0 Å². The van der Waals surface area contributed by atoms with E-state index in [-0.39, 0.29) is 29.6 Å². The van der Waals surface area contributed by atoms with Gasteiger partial charge in [-0.25, -0.2) is 8.42 Å². The summed E-state index contributed by atoms with van der Waals surface area (Å²) in [5.41, 5.74) is 1.57. The number of likely N-dealkylation sites (tertiary alicyclic amines) is 1. The number of nitrogens with zero attached hydrogens (tertiary/aromatic N) is 1. The van der Waals surface area contributed by atoms with Crippen LogP contribution in [0.15, 0.2) is 24.3 Å². The summed E-state index contributed by atoms with van der Waals surface area (Å²) in [7, 11) is -3.40. The molecule has 1 fully saturated rings. The van der Waals surface area contributed by atoms with Gasteiger partial charge >= 0.3 is 0 Å². The fourth-order valence-electron chi connectivity index (χ4n) is 3.55. The Balaban J connectivity index is 1.97. The molecule has 2 rings (SSSR count). The van der Waals surface area contributed by atoms with Crippen molar-refractivity contribution in [3.63, 3.8) is 0 Å². The van der Waals surface area contributed by atoms with Gasteiger partial charge in [-0.05, 0) is 42.9 Å². The lowest BCUT2D eigenvalue weighted by Gasteiger charge is -2.33. The van der Waals surface area contributed by atoms with Gasteiger partial charge in [0.05, 0.1) is 0 Å². The van der Waals surface area contributed by atoms with Crippen LogP contribution in [0.25, 0.3) is 0 Å². The summed E-state index contributed by atoms with van der Waals surface area (Å²) in [5, 5.41) is 2.72. The lowest BCUT2D eigenvalue weighted by molar-refractivity contribution is -0.136. The van der Waals surface area contributed by atoms with Crippen LogP contribution in [0.5, 0.6) is 0 Å². The van der Waals surface area contributed by atoms with Crippen LogP contribution in [-0.4, -0.2) is 62.1 Å². The third kappa shape index (κ3) is 6.65. The van der Waals surface area contributed by atoms with Crippen molar-refractivity contribution >= 4 is 27.4 Å². The summed E-state index contributed by atoms with van der Waals surface area (Å²) in [6.07, 6.45) is 2.22. The topological polar surface area (TPSA) is 101 Å². The smallest absolute Gasteiger partial charge is 0.251 e. The second-order valence-corrected chi connectivity index (χ2v) is 11.3. The molecule has 1 heterocycles. The number of hydrogen-bond acceptors (Lipinski definition) is 5. The number of amides is 2. The van der Waals surface area contributed by atoms with Crippen molar-refractivity contribution in [2.75, 3.05) is 25.1 Å². The molecule has 0 radical (unpaired) electrons. The summed E-state index contributed by atoms with van der Waals surface area (Å²) in [6, 6.07) is 6.55. The standard InChI is InChI=1S/C22H32N2O5S/c1-15(23-20(26)16-8-10-18(11-9-16)22(2,3)4)21(27)24-12-6-7-17(13-24)19(25)14-30(5,28)29/h8-11,15,17H,6-7,12-14H2,1-5H3,(H,23,26)/t15-,17-/m1/s1. The third-order valence-electron chi connectivity index (χ3n) is 5.32. The van der Waals surface area contributed by atoms with Crippen LogP contribution in [0.1, 0.15) is 56.5 Å². The van der Waals surface area contributed by atoms with E-state index >= 15 is 0 Å². The highest BCUT2D eigenvalue weighted by Gasteiger charge is 2.32. The van der Waals surface area contributed by atoms with Crippen molar-refractivity contribution in [3.8, 4) is 0 Å². The number of benzene rings is 1. The molecule has 1 saturated heterocycles. The SMILES string of the molecule is C[C@@H](NC(=O)c1ccc(C(C)(C)C)cc1)C(=O)N1CCC[C@@H](C(=O)CS(C)(=O)=O)C1. The molecule has 0 aromatic heterocycles. The van der Waals surface area contributed by atoms with Crippen molar-refractivity contribution in [3.05, 3.63) is 35.4 Å². The number of nitrogens with one attached hydrogen (secondary N) is 1. The number of hydrogen-bond donors (Lipinski definition) is 1. The fraction of sp³-hybridized carbons (Fsp3) is 0.591. The number of carbonyl (C=O) groups is 3. The number of rotatable bonds is 6. The summed E-state index contributed by atoms with van der Waals surface area (Å²) < 4.78 is 22.8. The molecular weight excluding hydrogens is 404 g/mol. The van der Waals surface area contributed by atoms with Gasteiger partial charge in [-0.3, -0.25) is 14.4 Å². The van der Waals surface area contributed by atoms with Crippen LogP contribution in [0.4, 0.5) is 0 Å². The minimum absolute atomic E-state index is 0.0163. The molecule has 7 nitrogen and oxygen atoms in total. The Bertz CT molecular complexity index is 900. The Morgan fingerprint density at radius 3 is 2.30 bits per heavy atom. The van der Waals surface area contributed by atoms with Gasteiger partial charge in [0.1, 0.15) is 11.8 Å². The lowest BCUT2D eigenvalue weighted by Crippen LogP contribution is -2.51. The minimum Gasteiger partial charge on any atom is -0.341 e. The van der Waals surface area contributed by atoms with E-state index in [0.29, 0.717) is 24.9 Å². The quantitative estimate of drug-likeness (QED) is 0.735. The number of sulfone groups is 1. The first-order valence-electron chi connectivity index (χ1n) is 10.2. The zero-order chi connectivity index (χ0) is 22.7. The molecule has 1 aliphatic heterocycles. The predicted molar refractivity (Wildman–Crippen MR) is 116 cm³/mol. The van der Waals surface area contributed by atoms with Gasteiger partial charge in [0.2, 0.25) is 5.91 Å². The van der Waals surface area contributed by atoms with Crippen molar-refractivity contribution in [1.29, 1.82) is 0 Å². The molecule has 2 atom stereocenters. The third-order valence-corrected chi connectivity index (χ3v) is 6.13. The highest BCUT2D eigenvalue weighted by molar-refractivity contribution is 7.91. The molecule has 0 bridgehead atoms. The first kappa shape index (κ1) is 24.1. The van der Waals surface area contributed by atoms with Gasteiger partial charge in [-0.1, -0.05) is 32.9 Å². The average molecular weight is 437 g/mol. The molecule has 0 aliphatic carbocycles. The van der Waals surface area contributed by atoms with E-state index in [1.807, 2.05) is 12.1 Å². The fourth-order valence-corrected chi connectivity index (χ4v) is 4.31. The van der Waals surface area contributed by atoms with Crippen LogP contribution in [0.3, 0.4) is 0 Å².